The van der Waals surface area contributed by atoms with Gasteiger partial charge in [0, 0.05) is 12.1 Å². The largest absolute Gasteiger partial charge is 0.324 e. The van der Waals surface area contributed by atoms with Gasteiger partial charge in [-0.15, -0.1) is 0 Å². The minimum atomic E-state index is 0.187. The summed E-state index contributed by atoms with van der Waals surface area (Å²) in [7, 11) is 2.20. The molecule has 1 unspecified atom stereocenters. The molecule has 1 aliphatic rings. The van der Waals surface area contributed by atoms with Crippen molar-refractivity contribution in [3.63, 3.8) is 0 Å². The van der Waals surface area contributed by atoms with Gasteiger partial charge in [-0.1, -0.05) is 30.3 Å². The van der Waals surface area contributed by atoms with E-state index in [1.807, 2.05) is 6.07 Å². The van der Waals surface area contributed by atoms with Crippen LogP contribution < -0.4 is 5.73 Å². The van der Waals surface area contributed by atoms with Crippen LogP contribution in [-0.4, -0.2) is 24.5 Å². The van der Waals surface area contributed by atoms with Crippen molar-refractivity contribution >= 4 is 0 Å². The van der Waals surface area contributed by atoms with E-state index in [0.29, 0.717) is 0 Å². The average Bonchev–Trinajstić information content (AvgIpc) is 3.10. The van der Waals surface area contributed by atoms with Crippen molar-refractivity contribution in [1.29, 1.82) is 0 Å². The first-order valence-electron chi connectivity index (χ1n) is 5.78. The van der Waals surface area contributed by atoms with E-state index in [4.69, 9.17) is 5.73 Å². The zero-order chi connectivity index (χ0) is 10.7. The Kier molecular flexibility index (Phi) is 3.39. The molecule has 0 aromatic heterocycles. The highest BCUT2D eigenvalue weighted by Gasteiger charge is 2.25. The Morgan fingerprint density at radius 3 is 2.60 bits per heavy atom. The van der Waals surface area contributed by atoms with E-state index in [0.717, 1.165) is 19.0 Å². The molecule has 0 bridgehead atoms. The predicted octanol–water partition coefficient (Wildman–Crippen LogP) is 2.17. The van der Waals surface area contributed by atoms with E-state index in [1.54, 1.807) is 0 Å². The SMILES string of the molecule is CN(CCC(N)c1ccccc1)C1CC1. The normalized spacial score (nSPS) is 18.1. The predicted molar refractivity (Wildman–Crippen MR) is 63.6 cm³/mol. The highest BCUT2D eigenvalue weighted by Crippen LogP contribution is 2.26. The molecule has 1 aromatic carbocycles. The van der Waals surface area contributed by atoms with Crippen molar-refractivity contribution in [2.45, 2.75) is 31.3 Å². The van der Waals surface area contributed by atoms with Crippen LogP contribution in [0.1, 0.15) is 30.9 Å². The number of benzene rings is 1. The molecule has 0 amide bonds. The quantitative estimate of drug-likeness (QED) is 0.796. The Bertz CT molecular complexity index is 293. The summed E-state index contributed by atoms with van der Waals surface area (Å²) in [4.78, 5) is 2.43. The summed E-state index contributed by atoms with van der Waals surface area (Å²) in [6, 6.07) is 11.4. The Labute approximate surface area is 92.1 Å². The summed E-state index contributed by atoms with van der Waals surface area (Å²) < 4.78 is 0. The molecular weight excluding hydrogens is 184 g/mol. The maximum atomic E-state index is 6.14. The van der Waals surface area contributed by atoms with E-state index in [2.05, 4.69) is 36.2 Å². The maximum absolute atomic E-state index is 6.14. The molecular formula is C13H20N2. The van der Waals surface area contributed by atoms with Gasteiger partial charge in [-0.2, -0.15) is 0 Å². The standard InChI is InChI=1S/C13H20N2/c1-15(12-7-8-12)10-9-13(14)11-5-3-2-4-6-11/h2-6,12-13H,7-10,14H2,1H3. The Morgan fingerprint density at radius 1 is 1.33 bits per heavy atom. The van der Waals surface area contributed by atoms with Gasteiger partial charge in [0.15, 0.2) is 0 Å². The van der Waals surface area contributed by atoms with Gasteiger partial charge in [-0.25, -0.2) is 0 Å². The second-order valence-electron chi connectivity index (χ2n) is 4.52. The molecule has 0 spiro atoms. The maximum Gasteiger partial charge on any atom is 0.0307 e. The van der Waals surface area contributed by atoms with Crippen LogP contribution in [0.5, 0.6) is 0 Å². The molecule has 2 rings (SSSR count). The van der Waals surface area contributed by atoms with Crippen LogP contribution >= 0.6 is 0 Å². The molecule has 1 saturated carbocycles. The van der Waals surface area contributed by atoms with Crippen molar-refractivity contribution in [1.82, 2.24) is 4.90 Å². The fraction of sp³-hybridized carbons (Fsp3) is 0.538. The van der Waals surface area contributed by atoms with Crippen LogP contribution in [0.25, 0.3) is 0 Å². The third-order valence-corrected chi connectivity index (χ3v) is 3.19. The van der Waals surface area contributed by atoms with E-state index < -0.39 is 0 Å². The Morgan fingerprint density at radius 2 is 2.00 bits per heavy atom. The molecule has 1 aliphatic carbocycles. The van der Waals surface area contributed by atoms with Gasteiger partial charge in [0.05, 0.1) is 0 Å². The molecule has 1 aromatic rings. The van der Waals surface area contributed by atoms with E-state index in [1.165, 1.54) is 18.4 Å². The van der Waals surface area contributed by atoms with Crippen molar-refractivity contribution in [3.05, 3.63) is 35.9 Å². The van der Waals surface area contributed by atoms with Crippen molar-refractivity contribution in [2.75, 3.05) is 13.6 Å². The topological polar surface area (TPSA) is 29.3 Å². The molecule has 0 radical (unpaired) electrons. The molecule has 0 heterocycles. The smallest absolute Gasteiger partial charge is 0.0307 e. The van der Waals surface area contributed by atoms with Gasteiger partial charge in [0.2, 0.25) is 0 Å². The van der Waals surface area contributed by atoms with Crippen LogP contribution in [0, 0.1) is 0 Å². The molecule has 1 atom stereocenters. The minimum absolute atomic E-state index is 0.187. The number of hydrogen-bond donors (Lipinski definition) is 1. The highest BCUT2D eigenvalue weighted by atomic mass is 15.1. The van der Waals surface area contributed by atoms with Crippen LogP contribution in [0.4, 0.5) is 0 Å². The number of nitrogens with two attached hydrogens (primary N) is 1. The third-order valence-electron chi connectivity index (χ3n) is 3.19. The Balaban J connectivity index is 1.79. The lowest BCUT2D eigenvalue weighted by Crippen LogP contribution is -2.25. The van der Waals surface area contributed by atoms with Gasteiger partial charge in [0.1, 0.15) is 0 Å². The fourth-order valence-electron chi connectivity index (χ4n) is 1.91. The average molecular weight is 204 g/mol. The highest BCUT2D eigenvalue weighted by molar-refractivity contribution is 5.18. The zero-order valence-electron chi connectivity index (χ0n) is 9.39. The second kappa shape index (κ2) is 4.77. The molecule has 82 valence electrons. The molecule has 1 fully saturated rings. The summed E-state index contributed by atoms with van der Waals surface area (Å²) in [6.07, 6.45) is 3.80. The first-order chi connectivity index (χ1) is 7.27. The first-order valence-corrected chi connectivity index (χ1v) is 5.78. The van der Waals surface area contributed by atoms with Gasteiger partial charge in [-0.05, 0) is 38.4 Å². The second-order valence-corrected chi connectivity index (χ2v) is 4.52. The lowest BCUT2D eigenvalue weighted by atomic mass is 10.0. The summed E-state index contributed by atoms with van der Waals surface area (Å²) in [5, 5.41) is 0. The molecule has 2 nitrogen and oxygen atoms in total. The van der Waals surface area contributed by atoms with Crippen molar-refractivity contribution < 1.29 is 0 Å². The van der Waals surface area contributed by atoms with E-state index >= 15 is 0 Å². The fourth-order valence-corrected chi connectivity index (χ4v) is 1.91. The van der Waals surface area contributed by atoms with Gasteiger partial charge in [-0.3, -0.25) is 0 Å². The zero-order valence-corrected chi connectivity index (χ0v) is 9.39. The Hall–Kier alpha value is -0.860. The van der Waals surface area contributed by atoms with Gasteiger partial charge in [0.25, 0.3) is 0 Å². The molecule has 0 saturated heterocycles. The lowest BCUT2D eigenvalue weighted by molar-refractivity contribution is 0.309. The minimum Gasteiger partial charge on any atom is -0.324 e. The summed E-state index contributed by atoms with van der Waals surface area (Å²) in [5.74, 6) is 0. The number of hydrogen-bond acceptors (Lipinski definition) is 2. The summed E-state index contributed by atoms with van der Waals surface area (Å²) >= 11 is 0. The summed E-state index contributed by atoms with van der Waals surface area (Å²) in [5.41, 5.74) is 7.39. The number of rotatable bonds is 5. The van der Waals surface area contributed by atoms with Gasteiger partial charge >= 0.3 is 0 Å². The molecule has 15 heavy (non-hydrogen) atoms. The van der Waals surface area contributed by atoms with E-state index in [-0.39, 0.29) is 6.04 Å². The van der Waals surface area contributed by atoms with Crippen LogP contribution in [0.2, 0.25) is 0 Å². The van der Waals surface area contributed by atoms with Gasteiger partial charge < -0.3 is 10.6 Å². The van der Waals surface area contributed by atoms with Crippen LogP contribution in [0.3, 0.4) is 0 Å². The van der Waals surface area contributed by atoms with Crippen molar-refractivity contribution in [2.24, 2.45) is 5.73 Å². The monoisotopic (exact) mass is 204 g/mol. The molecule has 2 N–H and O–H groups in total. The van der Waals surface area contributed by atoms with Crippen molar-refractivity contribution in [3.8, 4) is 0 Å². The third kappa shape index (κ3) is 3.05. The number of nitrogens with zero attached hydrogens (tertiary/aromatic N) is 1. The summed E-state index contributed by atoms with van der Waals surface area (Å²) in [6.45, 7) is 1.11. The van der Waals surface area contributed by atoms with Crippen LogP contribution in [-0.2, 0) is 0 Å². The first kappa shape index (κ1) is 10.7. The molecule has 0 aliphatic heterocycles. The molecule has 2 heteroatoms. The van der Waals surface area contributed by atoms with Crippen LogP contribution in [0.15, 0.2) is 30.3 Å². The van der Waals surface area contributed by atoms with E-state index in [9.17, 15) is 0 Å². The lowest BCUT2D eigenvalue weighted by Gasteiger charge is -2.18.